The monoisotopic (exact) mass is 333 g/mol. The maximum Gasteiger partial charge on any atom is 0.0945 e. The Labute approximate surface area is 144 Å². The molecule has 0 bridgehead atoms. The van der Waals surface area contributed by atoms with Gasteiger partial charge in [0.25, 0.3) is 0 Å². The Morgan fingerprint density at radius 2 is 1.96 bits per heavy atom. The molecule has 0 aromatic carbocycles. The van der Waals surface area contributed by atoms with Crippen LogP contribution in [0, 0.1) is 11.3 Å². The van der Waals surface area contributed by atoms with Crippen molar-refractivity contribution >= 4 is 0 Å². The van der Waals surface area contributed by atoms with Crippen LogP contribution >= 0.6 is 0 Å². The van der Waals surface area contributed by atoms with Gasteiger partial charge < -0.3 is 19.7 Å². The van der Waals surface area contributed by atoms with Crippen LogP contribution in [0.2, 0.25) is 0 Å². The summed E-state index contributed by atoms with van der Waals surface area (Å²) in [5.41, 5.74) is 0.564. The molecule has 5 nitrogen and oxygen atoms in total. The van der Waals surface area contributed by atoms with E-state index in [2.05, 4.69) is 14.9 Å². The van der Waals surface area contributed by atoms with Gasteiger partial charge in [-0.05, 0) is 62.7 Å². The lowest BCUT2D eigenvalue weighted by molar-refractivity contribution is -0.0108. The van der Waals surface area contributed by atoms with E-state index in [1.807, 2.05) is 18.7 Å². The van der Waals surface area contributed by atoms with Crippen LogP contribution in [0.4, 0.5) is 0 Å². The average Bonchev–Trinajstić information content (AvgIpc) is 3.21. The number of aliphatic hydroxyl groups excluding tert-OH is 1. The summed E-state index contributed by atoms with van der Waals surface area (Å²) in [5.74, 6) is 0.553. The summed E-state index contributed by atoms with van der Waals surface area (Å²) in [6.07, 6.45) is 15.2. The van der Waals surface area contributed by atoms with Gasteiger partial charge in [0.2, 0.25) is 0 Å². The number of aromatic nitrogens is 2. The quantitative estimate of drug-likeness (QED) is 0.888. The molecule has 1 aliphatic heterocycles. The molecule has 1 spiro atoms. The predicted octanol–water partition coefficient (Wildman–Crippen LogP) is 2.35. The van der Waals surface area contributed by atoms with Crippen molar-refractivity contribution in [2.24, 2.45) is 11.3 Å². The van der Waals surface area contributed by atoms with Crippen molar-refractivity contribution in [3.63, 3.8) is 0 Å². The smallest absolute Gasteiger partial charge is 0.0945 e. The molecule has 2 saturated carbocycles. The average molecular weight is 333 g/mol. The molecule has 0 amide bonds. The second-order valence-electron chi connectivity index (χ2n) is 8.32. The van der Waals surface area contributed by atoms with Crippen LogP contribution < -0.4 is 5.32 Å². The molecule has 1 unspecified atom stereocenters. The highest BCUT2D eigenvalue weighted by atomic mass is 16.5. The number of imidazole rings is 1. The molecule has 1 saturated heterocycles. The number of nitrogens with one attached hydrogen (secondary N) is 1. The van der Waals surface area contributed by atoms with Crippen molar-refractivity contribution in [1.29, 1.82) is 0 Å². The van der Waals surface area contributed by atoms with Crippen LogP contribution in [-0.4, -0.2) is 46.1 Å². The zero-order chi connectivity index (χ0) is 16.4. The molecule has 3 fully saturated rings. The molecule has 0 radical (unpaired) electrons. The van der Waals surface area contributed by atoms with E-state index >= 15 is 0 Å². The maximum atomic E-state index is 10.5. The molecule has 134 valence electrons. The number of nitrogens with zero attached hydrogens (tertiary/aromatic N) is 2. The van der Waals surface area contributed by atoms with E-state index in [4.69, 9.17) is 4.74 Å². The Morgan fingerprint density at radius 3 is 2.67 bits per heavy atom. The summed E-state index contributed by atoms with van der Waals surface area (Å²) in [6.45, 7) is 2.88. The van der Waals surface area contributed by atoms with E-state index in [0.29, 0.717) is 17.4 Å². The summed E-state index contributed by atoms with van der Waals surface area (Å²) in [7, 11) is 0. The Kier molecular flexibility index (Phi) is 4.93. The lowest BCUT2D eigenvalue weighted by Gasteiger charge is -2.43. The topological polar surface area (TPSA) is 59.3 Å². The lowest BCUT2D eigenvalue weighted by Crippen LogP contribution is -2.46. The number of hydrogen-bond acceptors (Lipinski definition) is 4. The minimum Gasteiger partial charge on any atom is -0.391 e. The third-order valence-corrected chi connectivity index (χ3v) is 6.70. The first kappa shape index (κ1) is 16.6. The molecule has 1 aromatic rings. The van der Waals surface area contributed by atoms with Crippen molar-refractivity contribution < 1.29 is 9.84 Å². The van der Waals surface area contributed by atoms with E-state index in [9.17, 15) is 5.11 Å². The summed E-state index contributed by atoms with van der Waals surface area (Å²) in [5, 5.41) is 14.2. The Balaban J connectivity index is 1.25. The van der Waals surface area contributed by atoms with E-state index < -0.39 is 0 Å². The Bertz CT molecular complexity index is 503. The van der Waals surface area contributed by atoms with Crippen molar-refractivity contribution in [2.75, 3.05) is 13.2 Å². The van der Waals surface area contributed by atoms with E-state index in [0.717, 1.165) is 32.6 Å². The molecular formula is C19H31N3O2. The molecule has 24 heavy (non-hydrogen) atoms. The minimum atomic E-state index is -0.197. The predicted molar refractivity (Wildman–Crippen MR) is 92.6 cm³/mol. The van der Waals surface area contributed by atoms with Gasteiger partial charge in [-0.1, -0.05) is 0 Å². The first-order valence-corrected chi connectivity index (χ1v) is 9.70. The highest BCUT2D eigenvalue weighted by molar-refractivity contribution is 4.94. The van der Waals surface area contributed by atoms with Gasteiger partial charge in [0.15, 0.2) is 0 Å². The Hall–Kier alpha value is -0.910. The number of aliphatic hydroxyl groups is 1. The maximum absolute atomic E-state index is 10.5. The number of ether oxygens (including phenoxy) is 1. The van der Waals surface area contributed by atoms with E-state index in [1.165, 1.54) is 38.5 Å². The third kappa shape index (κ3) is 3.68. The highest BCUT2D eigenvalue weighted by Crippen LogP contribution is 2.44. The first-order valence-electron chi connectivity index (χ1n) is 9.70. The van der Waals surface area contributed by atoms with Crippen LogP contribution in [0.3, 0.4) is 0 Å². The van der Waals surface area contributed by atoms with Gasteiger partial charge in [-0.25, -0.2) is 4.98 Å². The van der Waals surface area contributed by atoms with Gasteiger partial charge in [-0.3, -0.25) is 0 Å². The second-order valence-corrected chi connectivity index (χ2v) is 8.32. The van der Waals surface area contributed by atoms with Crippen molar-refractivity contribution in [1.82, 2.24) is 14.9 Å². The summed E-state index contributed by atoms with van der Waals surface area (Å²) in [6, 6.07) is 0.859. The normalized spacial score (nSPS) is 34.0. The molecule has 5 heteroatoms. The lowest BCUT2D eigenvalue weighted by atomic mass is 9.68. The van der Waals surface area contributed by atoms with Crippen LogP contribution in [0.5, 0.6) is 0 Å². The summed E-state index contributed by atoms with van der Waals surface area (Å²) < 4.78 is 7.68. The van der Waals surface area contributed by atoms with E-state index in [1.54, 1.807) is 0 Å². The largest absolute Gasteiger partial charge is 0.391 e. The first-order chi connectivity index (χ1) is 11.7. The highest BCUT2D eigenvalue weighted by Gasteiger charge is 2.39. The molecule has 2 aliphatic carbocycles. The molecule has 1 aromatic heterocycles. The second kappa shape index (κ2) is 7.14. The summed E-state index contributed by atoms with van der Waals surface area (Å²) in [4.78, 5) is 4.11. The molecule has 3 aliphatic rings. The third-order valence-electron chi connectivity index (χ3n) is 6.70. The van der Waals surface area contributed by atoms with Crippen molar-refractivity contribution in [3.05, 3.63) is 18.7 Å². The number of hydrogen-bond donors (Lipinski definition) is 2. The summed E-state index contributed by atoms with van der Waals surface area (Å²) >= 11 is 0. The molecule has 2 N–H and O–H groups in total. The standard InChI is InChI=1S/C19H31N3O2/c23-18-12-15(13-22-8-7-20-14-22)11-17(18)21-16-1-3-19(4-2-16)5-9-24-10-6-19/h7-8,14-18,21,23H,1-6,9-13H2/t15?,17-,18-/m1/s1. The van der Waals surface area contributed by atoms with E-state index in [-0.39, 0.29) is 12.1 Å². The molecular weight excluding hydrogens is 302 g/mol. The van der Waals surface area contributed by atoms with Gasteiger partial charge >= 0.3 is 0 Å². The number of rotatable bonds is 4. The molecule has 2 heterocycles. The molecule has 3 atom stereocenters. The SMILES string of the molecule is O[C@@H]1CC(Cn2ccnc2)C[C@H]1NC1CCC2(CCOCC2)CC1. The van der Waals surface area contributed by atoms with Crippen molar-refractivity contribution in [2.45, 2.75) is 76.1 Å². The fraction of sp³-hybridized carbons (Fsp3) is 0.842. The van der Waals surface area contributed by atoms with Gasteiger partial charge in [0, 0.05) is 44.2 Å². The van der Waals surface area contributed by atoms with Crippen LogP contribution in [0.15, 0.2) is 18.7 Å². The zero-order valence-electron chi connectivity index (χ0n) is 14.6. The van der Waals surface area contributed by atoms with Gasteiger partial charge in [-0.15, -0.1) is 0 Å². The van der Waals surface area contributed by atoms with Gasteiger partial charge in [0.05, 0.1) is 12.4 Å². The van der Waals surface area contributed by atoms with Crippen LogP contribution in [-0.2, 0) is 11.3 Å². The minimum absolute atomic E-state index is 0.197. The fourth-order valence-corrected chi connectivity index (χ4v) is 5.14. The zero-order valence-corrected chi connectivity index (χ0v) is 14.6. The van der Waals surface area contributed by atoms with Crippen LogP contribution in [0.1, 0.15) is 51.4 Å². The van der Waals surface area contributed by atoms with Gasteiger partial charge in [-0.2, -0.15) is 0 Å². The Morgan fingerprint density at radius 1 is 1.17 bits per heavy atom. The van der Waals surface area contributed by atoms with Gasteiger partial charge in [0.1, 0.15) is 0 Å². The van der Waals surface area contributed by atoms with Crippen LogP contribution in [0.25, 0.3) is 0 Å². The molecule has 4 rings (SSSR count). The van der Waals surface area contributed by atoms with Crippen molar-refractivity contribution in [3.8, 4) is 0 Å². The fourth-order valence-electron chi connectivity index (χ4n) is 5.14.